The van der Waals surface area contributed by atoms with Crippen molar-refractivity contribution in [3.63, 3.8) is 0 Å². The van der Waals surface area contributed by atoms with Gasteiger partial charge in [0.1, 0.15) is 11.9 Å². The Morgan fingerprint density at radius 3 is 2.40 bits per heavy atom. The van der Waals surface area contributed by atoms with Gasteiger partial charge in [0.2, 0.25) is 0 Å². The van der Waals surface area contributed by atoms with Crippen molar-refractivity contribution in [3.05, 3.63) is 63.1 Å². The molecule has 20 heavy (non-hydrogen) atoms. The molecule has 1 saturated carbocycles. The maximum absolute atomic E-state index is 10.4. The molecule has 1 unspecified atom stereocenters. The molecule has 0 aliphatic heterocycles. The summed E-state index contributed by atoms with van der Waals surface area (Å²) in [6.07, 6.45) is 1.97. The molecule has 4 heteroatoms. The maximum Gasteiger partial charge on any atom is 0.119 e. The zero-order valence-corrected chi connectivity index (χ0v) is 13.1. The molecule has 2 aromatic carbocycles. The largest absolute Gasteiger partial charge is 0.490 e. The first kappa shape index (κ1) is 13.9. The number of halogens is 2. The normalized spacial score (nSPS) is 15.9. The van der Waals surface area contributed by atoms with Crippen molar-refractivity contribution in [1.29, 1.82) is 0 Å². The van der Waals surface area contributed by atoms with Crippen LogP contribution in [0.2, 0.25) is 5.02 Å². The molecule has 2 aromatic rings. The van der Waals surface area contributed by atoms with Gasteiger partial charge in [-0.25, -0.2) is 0 Å². The highest BCUT2D eigenvalue weighted by atomic mass is 79.9. The number of hydrogen-bond donors (Lipinski definition) is 1. The van der Waals surface area contributed by atoms with Crippen LogP contribution in [0.4, 0.5) is 0 Å². The third-order valence-corrected chi connectivity index (χ3v) is 3.90. The van der Waals surface area contributed by atoms with Crippen molar-refractivity contribution in [2.45, 2.75) is 25.0 Å². The van der Waals surface area contributed by atoms with Gasteiger partial charge in [-0.1, -0.05) is 39.7 Å². The van der Waals surface area contributed by atoms with Crippen molar-refractivity contribution in [3.8, 4) is 5.75 Å². The molecule has 1 aliphatic rings. The number of aliphatic hydroxyl groups excluding tert-OH is 1. The van der Waals surface area contributed by atoms with Crippen LogP contribution in [0, 0.1) is 0 Å². The highest BCUT2D eigenvalue weighted by Gasteiger charge is 2.23. The van der Waals surface area contributed by atoms with Crippen LogP contribution in [0.5, 0.6) is 5.75 Å². The molecule has 1 atom stereocenters. The van der Waals surface area contributed by atoms with E-state index in [1.54, 1.807) is 12.1 Å². The van der Waals surface area contributed by atoms with Gasteiger partial charge in [-0.2, -0.15) is 0 Å². The lowest BCUT2D eigenvalue weighted by Gasteiger charge is -2.13. The van der Waals surface area contributed by atoms with E-state index in [1.807, 2.05) is 30.3 Å². The molecule has 0 bridgehead atoms. The van der Waals surface area contributed by atoms with E-state index in [-0.39, 0.29) is 0 Å². The summed E-state index contributed by atoms with van der Waals surface area (Å²) in [5.74, 6) is 0.857. The molecule has 0 heterocycles. The van der Waals surface area contributed by atoms with E-state index in [9.17, 15) is 5.11 Å². The number of aliphatic hydroxyl groups is 1. The smallest absolute Gasteiger partial charge is 0.119 e. The lowest BCUT2D eigenvalue weighted by atomic mass is 10.0. The fourth-order valence-electron chi connectivity index (χ4n) is 2.03. The average Bonchev–Trinajstić information content (AvgIpc) is 3.22. The maximum atomic E-state index is 10.4. The van der Waals surface area contributed by atoms with E-state index in [0.29, 0.717) is 11.1 Å². The lowest BCUT2D eigenvalue weighted by molar-refractivity contribution is 0.220. The number of rotatable bonds is 4. The summed E-state index contributed by atoms with van der Waals surface area (Å²) in [6, 6.07) is 13.0. The molecule has 0 saturated heterocycles. The second-order valence-electron chi connectivity index (χ2n) is 4.99. The van der Waals surface area contributed by atoms with Gasteiger partial charge >= 0.3 is 0 Å². The first-order valence-electron chi connectivity index (χ1n) is 6.52. The van der Waals surface area contributed by atoms with Crippen LogP contribution in [0.1, 0.15) is 30.1 Å². The van der Waals surface area contributed by atoms with E-state index in [4.69, 9.17) is 16.3 Å². The van der Waals surface area contributed by atoms with Crippen LogP contribution in [0.3, 0.4) is 0 Å². The van der Waals surface area contributed by atoms with Gasteiger partial charge in [-0.15, -0.1) is 0 Å². The van der Waals surface area contributed by atoms with Crippen molar-refractivity contribution in [2.24, 2.45) is 0 Å². The van der Waals surface area contributed by atoms with Gasteiger partial charge in [0.05, 0.1) is 6.10 Å². The number of ether oxygens (including phenoxy) is 1. The van der Waals surface area contributed by atoms with Crippen LogP contribution >= 0.6 is 27.5 Å². The highest BCUT2D eigenvalue weighted by Crippen LogP contribution is 2.30. The van der Waals surface area contributed by atoms with Crippen LogP contribution in [-0.2, 0) is 0 Å². The average molecular weight is 354 g/mol. The molecule has 1 fully saturated rings. The van der Waals surface area contributed by atoms with Gasteiger partial charge in [0.25, 0.3) is 0 Å². The van der Waals surface area contributed by atoms with Crippen molar-refractivity contribution < 1.29 is 9.84 Å². The summed E-state index contributed by atoms with van der Waals surface area (Å²) in [4.78, 5) is 0. The summed E-state index contributed by atoms with van der Waals surface area (Å²) in [7, 11) is 0. The standard InChI is InChI=1S/C16H14BrClO2/c17-12-7-11(8-13(18)9-12)16(19)10-1-3-14(4-2-10)20-15-5-6-15/h1-4,7-9,15-16,19H,5-6H2. The summed E-state index contributed by atoms with van der Waals surface area (Å²) >= 11 is 9.39. The second kappa shape index (κ2) is 5.76. The minimum atomic E-state index is -0.694. The molecule has 3 rings (SSSR count). The Bertz CT molecular complexity index is 588. The molecule has 0 spiro atoms. The van der Waals surface area contributed by atoms with E-state index < -0.39 is 6.10 Å². The molecule has 1 aliphatic carbocycles. The third-order valence-electron chi connectivity index (χ3n) is 3.22. The first-order valence-corrected chi connectivity index (χ1v) is 7.69. The molecule has 104 valence electrons. The van der Waals surface area contributed by atoms with E-state index in [2.05, 4.69) is 15.9 Å². The topological polar surface area (TPSA) is 29.5 Å². The molecule has 0 amide bonds. The lowest BCUT2D eigenvalue weighted by Crippen LogP contribution is -2.01. The molecule has 2 nitrogen and oxygen atoms in total. The molecular formula is C16H14BrClO2. The number of hydrogen-bond acceptors (Lipinski definition) is 2. The predicted molar refractivity (Wildman–Crippen MR) is 83.3 cm³/mol. The summed E-state index contributed by atoms with van der Waals surface area (Å²) in [5.41, 5.74) is 1.59. The van der Waals surface area contributed by atoms with Crippen LogP contribution in [-0.4, -0.2) is 11.2 Å². The van der Waals surface area contributed by atoms with E-state index in [0.717, 1.165) is 34.2 Å². The Hall–Kier alpha value is -1.03. The Labute approximate surface area is 131 Å². The zero-order valence-electron chi connectivity index (χ0n) is 10.7. The Balaban J connectivity index is 1.79. The van der Waals surface area contributed by atoms with E-state index in [1.165, 1.54) is 0 Å². The fraction of sp³-hybridized carbons (Fsp3) is 0.250. The zero-order chi connectivity index (χ0) is 14.1. The Kier molecular flexibility index (Phi) is 4.01. The van der Waals surface area contributed by atoms with Gasteiger partial charge in [0.15, 0.2) is 0 Å². The molecular weight excluding hydrogens is 340 g/mol. The summed E-state index contributed by atoms with van der Waals surface area (Å²) < 4.78 is 6.55. The third kappa shape index (κ3) is 3.35. The quantitative estimate of drug-likeness (QED) is 0.861. The van der Waals surface area contributed by atoms with Gasteiger partial charge < -0.3 is 9.84 Å². The minimum Gasteiger partial charge on any atom is -0.490 e. The number of benzene rings is 2. The first-order chi connectivity index (χ1) is 9.61. The van der Waals surface area contributed by atoms with Crippen molar-refractivity contribution in [1.82, 2.24) is 0 Å². The Morgan fingerprint density at radius 1 is 1.10 bits per heavy atom. The minimum absolute atomic E-state index is 0.384. The van der Waals surface area contributed by atoms with Crippen molar-refractivity contribution >= 4 is 27.5 Å². The van der Waals surface area contributed by atoms with Gasteiger partial charge in [-0.05, 0) is 54.3 Å². The molecule has 0 aromatic heterocycles. The summed E-state index contributed by atoms with van der Waals surface area (Å²) in [5, 5.41) is 11.0. The monoisotopic (exact) mass is 352 g/mol. The van der Waals surface area contributed by atoms with Gasteiger partial charge in [0, 0.05) is 9.50 Å². The van der Waals surface area contributed by atoms with Crippen molar-refractivity contribution in [2.75, 3.05) is 0 Å². The summed E-state index contributed by atoms with van der Waals surface area (Å²) in [6.45, 7) is 0. The van der Waals surface area contributed by atoms with Crippen LogP contribution < -0.4 is 4.74 Å². The van der Waals surface area contributed by atoms with Crippen LogP contribution in [0.15, 0.2) is 46.9 Å². The molecule has 0 radical (unpaired) electrons. The second-order valence-corrected chi connectivity index (χ2v) is 6.34. The highest BCUT2D eigenvalue weighted by molar-refractivity contribution is 9.10. The van der Waals surface area contributed by atoms with Crippen LogP contribution in [0.25, 0.3) is 0 Å². The SMILES string of the molecule is OC(c1ccc(OC2CC2)cc1)c1cc(Cl)cc(Br)c1. The fourth-order valence-corrected chi connectivity index (χ4v) is 2.92. The predicted octanol–water partition coefficient (Wildman–Crippen LogP) is 4.73. The Morgan fingerprint density at radius 2 is 1.80 bits per heavy atom. The molecule has 1 N–H and O–H groups in total. The van der Waals surface area contributed by atoms with E-state index >= 15 is 0 Å². The van der Waals surface area contributed by atoms with Gasteiger partial charge in [-0.3, -0.25) is 0 Å².